The maximum Gasteiger partial charge on any atom is 0.225 e. The molecule has 0 saturated carbocycles. The number of aromatic nitrogens is 3. The van der Waals surface area contributed by atoms with Gasteiger partial charge in [0.25, 0.3) is 0 Å². The molecular weight excluding hydrogens is 897 g/mol. The monoisotopic (exact) mass is 927 g/mol. The van der Waals surface area contributed by atoms with E-state index in [1.54, 1.807) is 29.7 Å². The fourth-order valence-electron chi connectivity index (χ4n) is 6.98. The van der Waals surface area contributed by atoms with Crippen molar-refractivity contribution >= 4 is 72.4 Å². The van der Waals surface area contributed by atoms with Crippen LogP contribution in [-0.4, -0.2) is 50.0 Å². The lowest BCUT2D eigenvalue weighted by Gasteiger charge is -2.34. The first kappa shape index (κ1) is 35.6. The molecule has 2 aromatic carbocycles. The van der Waals surface area contributed by atoms with Gasteiger partial charge in [0.15, 0.2) is 10.3 Å². The fourth-order valence-corrected chi connectivity index (χ4v) is 9.71. The summed E-state index contributed by atoms with van der Waals surface area (Å²) in [5.74, 6) is 10.8. The van der Waals surface area contributed by atoms with Crippen LogP contribution in [0.2, 0.25) is 0 Å². The Hall–Kier alpha value is -4.14. The second-order valence-electron chi connectivity index (χ2n) is 13.8. The number of rotatable bonds is 1. The van der Waals surface area contributed by atoms with E-state index >= 15 is 0 Å². The topological polar surface area (TPSA) is 143 Å². The summed E-state index contributed by atoms with van der Waals surface area (Å²) in [7, 11) is 0. The van der Waals surface area contributed by atoms with Crippen LogP contribution in [0.4, 0.5) is 0 Å². The van der Waals surface area contributed by atoms with Crippen LogP contribution in [0, 0.1) is 27.7 Å². The lowest BCUT2D eigenvalue weighted by molar-refractivity contribution is -0.0648. The molecule has 3 aromatic heterocycles. The highest BCUT2D eigenvalue weighted by atomic mass is 127. The number of aliphatic imine (C=N–C) groups is 2. The van der Waals surface area contributed by atoms with Crippen LogP contribution in [0.15, 0.2) is 93.7 Å². The number of pyridine rings is 3. The van der Waals surface area contributed by atoms with Crippen LogP contribution >= 0.6 is 62.0 Å². The van der Waals surface area contributed by atoms with Gasteiger partial charge in [-0.15, -0.1) is 0 Å². The smallest absolute Gasteiger partial charge is 0.225 e. The van der Waals surface area contributed by atoms with Gasteiger partial charge >= 0.3 is 0 Å². The molecule has 0 bridgehead atoms. The highest BCUT2D eigenvalue weighted by Crippen LogP contribution is 2.54. The van der Waals surface area contributed by atoms with Crippen molar-refractivity contribution in [1.29, 1.82) is 0 Å². The molecule has 1 fully saturated rings. The predicted molar refractivity (Wildman–Crippen MR) is 225 cm³/mol. The predicted octanol–water partition coefficient (Wildman–Crippen LogP) is 8.11. The summed E-state index contributed by atoms with van der Waals surface area (Å²) in [6.45, 7) is 5.44. The summed E-state index contributed by atoms with van der Waals surface area (Å²) in [5, 5.41) is 1.17. The average Bonchev–Trinajstić information content (AvgIpc) is 3.75. The molecule has 0 radical (unpaired) electrons. The minimum Gasteiger partial charge on any atom is -0.438 e. The summed E-state index contributed by atoms with van der Waals surface area (Å²) in [6.07, 6.45) is 5.42. The van der Waals surface area contributed by atoms with E-state index in [2.05, 4.69) is 96.5 Å². The number of aryl methyl sites for hydroxylation is 1. The minimum absolute atomic E-state index is 0.0800. The number of thioether (sulfide) groups is 2. The molecule has 8 heterocycles. The molecule has 0 unspecified atom stereocenters. The first-order valence-electron chi connectivity index (χ1n) is 17.0. The summed E-state index contributed by atoms with van der Waals surface area (Å²) >= 11 is 8.90. The third kappa shape index (κ3) is 6.23. The summed E-state index contributed by atoms with van der Waals surface area (Å²) in [5.41, 5.74) is 18.7. The zero-order valence-corrected chi connectivity index (χ0v) is 34.4. The van der Waals surface area contributed by atoms with Crippen molar-refractivity contribution in [2.45, 2.75) is 24.9 Å². The van der Waals surface area contributed by atoms with Crippen LogP contribution in [0.25, 0.3) is 11.1 Å². The molecule has 0 aliphatic carbocycles. The van der Waals surface area contributed by atoms with Gasteiger partial charge in [0.1, 0.15) is 22.6 Å². The molecule has 1 saturated heterocycles. The normalized spacial score (nSPS) is 22.0. The second-order valence-corrected chi connectivity index (χ2v) is 18.0. The number of nitrogens with two attached hydrogens (primary N) is 2. The standard InChI is InChI=1S/C26H22N4O2S.C14H9BrIN3OS/c1-16-3-5-18(11-28-16)19-10-21-23(29-12-19)32-22-6-4-17(7-8-25(2)13-31-14-25)9-20(22)26(21)15-33-24(27)30-26;15-7-3-10-12(18-5-7)20-11-2-1-8(16)4-9(11)14(10)6-21-13(17)19-14/h3-6,9-12H,13-15H2,1-2H3,(H2,27,30);1-5H,6H2,(H2,17,19)/t26-;14-/m00/s1. The Morgan fingerprint density at radius 2 is 1.37 bits per heavy atom. The number of ether oxygens (including phenoxy) is 3. The van der Waals surface area contributed by atoms with E-state index in [-0.39, 0.29) is 5.41 Å². The number of halogens is 2. The van der Waals surface area contributed by atoms with Gasteiger partial charge in [-0.3, -0.25) is 4.98 Å². The van der Waals surface area contributed by atoms with Crippen molar-refractivity contribution in [2.24, 2.45) is 26.9 Å². The molecule has 5 aliphatic rings. The first-order valence-corrected chi connectivity index (χ1v) is 20.8. The van der Waals surface area contributed by atoms with Gasteiger partial charge in [0.05, 0.1) is 18.6 Å². The first-order chi connectivity index (χ1) is 26.0. The Morgan fingerprint density at radius 3 is 1.98 bits per heavy atom. The van der Waals surface area contributed by atoms with Crippen molar-refractivity contribution in [3.8, 4) is 46.2 Å². The zero-order chi connectivity index (χ0) is 37.2. The molecule has 270 valence electrons. The highest BCUT2D eigenvalue weighted by molar-refractivity contribution is 14.1. The van der Waals surface area contributed by atoms with Gasteiger partial charge in [-0.25, -0.2) is 20.0 Å². The Labute approximate surface area is 342 Å². The van der Waals surface area contributed by atoms with E-state index in [1.165, 1.54) is 0 Å². The van der Waals surface area contributed by atoms with Gasteiger partial charge in [-0.1, -0.05) is 41.4 Å². The number of hydrogen-bond donors (Lipinski definition) is 2. The summed E-state index contributed by atoms with van der Waals surface area (Å²) < 4.78 is 19.6. The average molecular weight is 929 g/mol. The number of amidine groups is 2. The van der Waals surface area contributed by atoms with Crippen LogP contribution in [0.3, 0.4) is 0 Å². The van der Waals surface area contributed by atoms with E-state index in [1.807, 2.05) is 55.7 Å². The largest absolute Gasteiger partial charge is 0.438 e. The molecule has 2 atom stereocenters. The van der Waals surface area contributed by atoms with Crippen LogP contribution in [0.5, 0.6) is 23.3 Å². The number of benzene rings is 2. The maximum absolute atomic E-state index is 6.23. The molecule has 10 nitrogen and oxygen atoms in total. The summed E-state index contributed by atoms with van der Waals surface area (Å²) in [6, 6.07) is 20.3. The molecule has 0 amide bonds. The Kier molecular flexibility index (Phi) is 8.93. The minimum atomic E-state index is -0.667. The Bertz CT molecular complexity index is 2450. The van der Waals surface area contributed by atoms with Crippen molar-refractivity contribution < 1.29 is 14.2 Å². The SMILES string of the molecule is Cc1ccc(-c2cnc3c(c2)[C@]2(CSC(N)=N2)c2cc(C#CC4(C)COC4)ccc2O3)cn1.NC1=N[C@@]2(CS1)c1cc(I)ccc1Oc1ncc(Br)cc12. The van der Waals surface area contributed by atoms with E-state index in [0.29, 0.717) is 41.1 Å². The highest BCUT2D eigenvalue weighted by Gasteiger charge is 2.48. The number of hydrogen-bond acceptors (Lipinski definition) is 12. The maximum atomic E-state index is 6.23. The van der Waals surface area contributed by atoms with Gasteiger partial charge in [0.2, 0.25) is 11.8 Å². The number of fused-ring (bicyclic) bond motifs is 8. The molecular formula is C40H31BrIN7O3S2. The van der Waals surface area contributed by atoms with Crippen molar-refractivity contribution in [3.63, 3.8) is 0 Å². The third-order valence-electron chi connectivity index (χ3n) is 9.84. The molecule has 14 heteroatoms. The lowest BCUT2D eigenvalue weighted by Crippen LogP contribution is -2.38. The molecule has 2 spiro atoms. The Morgan fingerprint density at radius 1 is 0.741 bits per heavy atom. The molecule has 10 rings (SSSR count). The Balaban J connectivity index is 0.000000157. The summed E-state index contributed by atoms with van der Waals surface area (Å²) in [4.78, 5) is 23.2. The van der Waals surface area contributed by atoms with Gasteiger partial charge in [0, 0.05) is 82.8 Å². The molecule has 4 N–H and O–H groups in total. The van der Waals surface area contributed by atoms with Crippen molar-refractivity contribution in [1.82, 2.24) is 15.0 Å². The third-order valence-corrected chi connectivity index (χ3v) is 12.8. The van der Waals surface area contributed by atoms with Gasteiger partial charge in [-0.2, -0.15) is 0 Å². The van der Waals surface area contributed by atoms with E-state index in [0.717, 1.165) is 69.9 Å². The number of nitrogens with zero attached hydrogens (tertiary/aromatic N) is 5. The van der Waals surface area contributed by atoms with Crippen LogP contribution in [-0.2, 0) is 15.8 Å². The fraction of sp³-hybridized carbons (Fsp3) is 0.225. The molecule has 54 heavy (non-hydrogen) atoms. The van der Waals surface area contributed by atoms with Crippen LogP contribution in [0.1, 0.15) is 40.4 Å². The van der Waals surface area contributed by atoms with Crippen molar-refractivity contribution in [3.05, 3.63) is 121 Å². The molecule has 5 aliphatic heterocycles. The molecule has 5 aromatic rings. The van der Waals surface area contributed by atoms with E-state index in [9.17, 15) is 0 Å². The van der Waals surface area contributed by atoms with Gasteiger partial charge < -0.3 is 25.7 Å². The zero-order valence-electron chi connectivity index (χ0n) is 29.0. The van der Waals surface area contributed by atoms with E-state index < -0.39 is 11.1 Å². The quantitative estimate of drug-likeness (QED) is 0.125. The van der Waals surface area contributed by atoms with Crippen molar-refractivity contribution in [2.75, 3.05) is 24.7 Å². The second kappa shape index (κ2) is 13.6. The van der Waals surface area contributed by atoms with Gasteiger partial charge in [-0.05, 0) is 107 Å². The van der Waals surface area contributed by atoms with E-state index in [4.69, 9.17) is 35.7 Å². The lowest BCUT2D eigenvalue weighted by atomic mass is 9.81. The van der Waals surface area contributed by atoms with Crippen LogP contribution < -0.4 is 20.9 Å².